The van der Waals surface area contributed by atoms with Crippen LogP contribution in [-0.4, -0.2) is 37.4 Å². The Labute approximate surface area is 86.1 Å². The van der Waals surface area contributed by atoms with E-state index >= 15 is 0 Å². The molecule has 0 bridgehead atoms. The van der Waals surface area contributed by atoms with Crippen molar-refractivity contribution < 1.29 is 8.42 Å². The standard InChI is InChI=1S/C8H18ClNO2S/c1-7(2)10(4)13(11,12)6-8(3)5-9/h7-8H,5-6H2,1-4H3. The Kier molecular flexibility index (Phi) is 5.25. The van der Waals surface area contributed by atoms with E-state index in [1.807, 2.05) is 20.8 Å². The fourth-order valence-corrected chi connectivity index (χ4v) is 2.80. The van der Waals surface area contributed by atoms with Crippen LogP contribution < -0.4 is 0 Å². The molecule has 0 aromatic carbocycles. The second kappa shape index (κ2) is 5.17. The van der Waals surface area contributed by atoms with Gasteiger partial charge in [0.2, 0.25) is 10.0 Å². The molecule has 0 aromatic heterocycles. The first-order chi connectivity index (χ1) is 5.81. The third-order valence-electron chi connectivity index (χ3n) is 1.92. The second-order valence-electron chi connectivity index (χ2n) is 3.65. The van der Waals surface area contributed by atoms with Crippen LogP contribution in [0, 0.1) is 5.92 Å². The van der Waals surface area contributed by atoms with Gasteiger partial charge in [-0.1, -0.05) is 6.92 Å². The summed E-state index contributed by atoms with van der Waals surface area (Å²) in [5.74, 6) is 0.518. The van der Waals surface area contributed by atoms with E-state index in [-0.39, 0.29) is 17.7 Å². The summed E-state index contributed by atoms with van der Waals surface area (Å²) < 4.78 is 24.6. The molecule has 0 saturated carbocycles. The maximum absolute atomic E-state index is 11.6. The van der Waals surface area contributed by atoms with Crippen molar-refractivity contribution in [3.05, 3.63) is 0 Å². The normalized spacial score (nSPS) is 15.3. The molecule has 0 aliphatic rings. The third kappa shape index (κ3) is 4.29. The maximum atomic E-state index is 11.6. The molecule has 1 unspecified atom stereocenters. The highest BCUT2D eigenvalue weighted by atomic mass is 35.5. The minimum Gasteiger partial charge on any atom is -0.212 e. The van der Waals surface area contributed by atoms with E-state index in [0.29, 0.717) is 5.88 Å². The molecule has 1 atom stereocenters. The molecule has 0 saturated heterocycles. The summed E-state index contributed by atoms with van der Waals surface area (Å²) in [4.78, 5) is 0. The van der Waals surface area contributed by atoms with E-state index in [1.165, 1.54) is 4.31 Å². The Bertz CT molecular complexity index is 239. The quantitative estimate of drug-likeness (QED) is 0.668. The highest BCUT2D eigenvalue weighted by molar-refractivity contribution is 7.89. The molecular weight excluding hydrogens is 210 g/mol. The first-order valence-electron chi connectivity index (χ1n) is 4.33. The summed E-state index contributed by atoms with van der Waals surface area (Å²) in [5, 5.41) is 0. The first kappa shape index (κ1) is 13.2. The lowest BCUT2D eigenvalue weighted by molar-refractivity contribution is 0.407. The van der Waals surface area contributed by atoms with E-state index in [9.17, 15) is 8.42 Å². The molecule has 13 heavy (non-hydrogen) atoms. The molecule has 0 radical (unpaired) electrons. The minimum absolute atomic E-state index is 0.00697. The van der Waals surface area contributed by atoms with E-state index in [2.05, 4.69) is 0 Å². The zero-order valence-electron chi connectivity index (χ0n) is 8.62. The molecule has 0 rings (SSSR count). The fourth-order valence-electron chi connectivity index (χ4n) is 0.843. The van der Waals surface area contributed by atoms with Crippen molar-refractivity contribution in [1.82, 2.24) is 4.31 Å². The lowest BCUT2D eigenvalue weighted by Gasteiger charge is -2.22. The van der Waals surface area contributed by atoms with Crippen molar-refractivity contribution in [3.63, 3.8) is 0 Å². The summed E-state index contributed by atoms with van der Waals surface area (Å²) in [7, 11) is -1.52. The second-order valence-corrected chi connectivity index (χ2v) is 6.03. The monoisotopic (exact) mass is 227 g/mol. The number of nitrogens with zero attached hydrogens (tertiary/aromatic N) is 1. The first-order valence-corrected chi connectivity index (χ1v) is 6.47. The van der Waals surface area contributed by atoms with E-state index in [1.54, 1.807) is 7.05 Å². The smallest absolute Gasteiger partial charge is 0.212 e. The molecule has 0 aromatic rings. The van der Waals surface area contributed by atoms with Crippen LogP contribution in [0.5, 0.6) is 0 Å². The van der Waals surface area contributed by atoms with Gasteiger partial charge in [-0.25, -0.2) is 12.7 Å². The van der Waals surface area contributed by atoms with E-state index in [0.717, 1.165) is 0 Å². The van der Waals surface area contributed by atoms with Gasteiger partial charge in [-0.05, 0) is 19.8 Å². The van der Waals surface area contributed by atoms with Crippen molar-refractivity contribution in [1.29, 1.82) is 0 Å². The number of hydrogen-bond acceptors (Lipinski definition) is 2. The SMILES string of the molecule is CC(CCl)CS(=O)(=O)N(C)C(C)C. The van der Waals surface area contributed by atoms with Crippen LogP contribution in [0.25, 0.3) is 0 Å². The summed E-state index contributed by atoms with van der Waals surface area (Å²) in [6, 6.07) is 0.00697. The number of rotatable bonds is 5. The van der Waals surface area contributed by atoms with Gasteiger partial charge in [0.25, 0.3) is 0 Å². The highest BCUT2D eigenvalue weighted by Crippen LogP contribution is 2.09. The number of halogens is 1. The van der Waals surface area contributed by atoms with Gasteiger partial charge in [-0.15, -0.1) is 11.6 Å². The Morgan fingerprint density at radius 2 is 1.77 bits per heavy atom. The van der Waals surface area contributed by atoms with Gasteiger partial charge < -0.3 is 0 Å². The lowest BCUT2D eigenvalue weighted by Crippen LogP contribution is -2.36. The summed E-state index contributed by atoms with van der Waals surface area (Å²) >= 11 is 5.56. The van der Waals surface area contributed by atoms with Crippen LogP contribution in [0.2, 0.25) is 0 Å². The van der Waals surface area contributed by atoms with Gasteiger partial charge in [-0.2, -0.15) is 0 Å². The van der Waals surface area contributed by atoms with Gasteiger partial charge in [0.1, 0.15) is 0 Å². The van der Waals surface area contributed by atoms with Crippen LogP contribution in [0.15, 0.2) is 0 Å². The fraction of sp³-hybridized carbons (Fsp3) is 1.00. The predicted molar refractivity (Wildman–Crippen MR) is 56.6 cm³/mol. The van der Waals surface area contributed by atoms with E-state index in [4.69, 9.17) is 11.6 Å². The van der Waals surface area contributed by atoms with Crippen LogP contribution in [0.1, 0.15) is 20.8 Å². The summed E-state index contributed by atoms with van der Waals surface area (Å²) in [6.45, 7) is 5.53. The largest absolute Gasteiger partial charge is 0.214 e. The Balaban J connectivity index is 4.41. The molecule has 0 fully saturated rings. The Hall–Kier alpha value is 0.200. The Morgan fingerprint density at radius 1 is 1.31 bits per heavy atom. The van der Waals surface area contributed by atoms with Crippen molar-refractivity contribution in [2.75, 3.05) is 18.7 Å². The van der Waals surface area contributed by atoms with Crippen molar-refractivity contribution in [2.24, 2.45) is 5.92 Å². The van der Waals surface area contributed by atoms with Crippen LogP contribution in [0.4, 0.5) is 0 Å². The molecule has 5 heteroatoms. The molecule has 0 N–H and O–H groups in total. The molecule has 0 aliphatic heterocycles. The number of hydrogen-bond donors (Lipinski definition) is 0. The predicted octanol–water partition coefficient (Wildman–Crippen LogP) is 1.53. The van der Waals surface area contributed by atoms with Gasteiger partial charge in [0.15, 0.2) is 0 Å². The summed E-state index contributed by atoms with van der Waals surface area (Å²) in [6.07, 6.45) is 0. The molecule has 0 amide bonds. The van der Waals surface area contributed by atoms with Gasteiger partial charge >= 0.3 is 0 Å². The minimum atomic E-state index is -3.12. The van der Waals surface area contributed by atoms with Gasteiger partial charge in [-0.3, -0.25) is 0 Å². The van der Waals surface area contributed by atoms with Gasteiger partial charge in [0, 0.05) is 19.0 Å². The molecule has 0 heterocycles. The van der Waals surface area contributed by atoms with Gasteiger partial charge in [0.05, 0.1) is 5.75 Å². The van der Waals surface area contributed by atoms with Crippen LogP contribution >= 0.6 is 11.6 Å². The topological polar surface area (TPSA) is 37.4 Å². The Morgan fingerprint density at radius 3 is 2.08 bits per heavy atom. The molecule has 80 valence electrons. The van der Waals surface area contributed by atoms with Crippen molar-refractivity contribution in [2.45, 2.75) is 26.8 Å². The van der Waals surface area contributed by atoms with Crippen LogP contribution in [0.3, 0.4) is 0 Å². The molecule has 0 spiro atoms. The molecule has 0 aliphatic carbocycles. The zero-order valence-corrected chi connectivity index (χ0v) is 10.2. The van der Waals surface area contributed by atoms with E-state index < -0.39 is 10.0 Å². The zero-order chi connectivity index (χ0) is 10.6. The average molecular weight is 228 g/mol. The molecular formula is C8H18ClNO2S. The van der Waals surface area contributed by atoms with Crippen LogP contribution in [-0.2, 0) is 10.0 Å². The van der Waals surface area contributed by atoms with Crippen molar-refractivity contribution >= 4 is 21.6 Å². The number of sulfonamides is 1. The third-order valence-corrected chi connectivity index (χ3v) is 4.74. The lowest BCUT2D eigenvalue weighted by atomic mass is 10.3. The average Bonchev–Trinajstić information content (AvgIpc) is 2.01. The van der Waals surface area contributed by atoms with Crippen molar-refractivity contribution in [3.8, 4) is 0 Å². The molecule has 3 nitrogen and oxygen atoms in total. The maximum Gasteiger partial charge on any atom is 0.214 e. The highest BCUT2D eigenvalue weighted by Gasteiger charge is 2.22. The summed E-state index contributed by atoms with van der Waals surface area (Å²) in [5.41, 5.74) is 0. The number of alkyl halides is 1.